The fraction of sp³-hybridized carbons (Fsp3) is 0.714. The third-order valence-electron chi connectivity index (χ3n) is 5.48. The van der Waals surface area contributed by atoms with E-state index in [4.69, 9.17) is 0 Å². The number of carbonyl (C=O) groups is 2. The molecule has 2 rings (SSSR count). The SMILES string of the molecule is CCN(CC)C(CNC(=O)CCCNC(=O)NC1CCCCC1)c1ccsc1. The number of hydrogen-bond donors (Lipinski definition) is 3. The molecule has 1 aromatic heterocycles. The van der Waals surface area contributed by atoms with Crippen LogP contribution in [0.1, 0.15) is 70.4 Å². The van der Waals surface area contributed by atoms with Crippen molar-refractivity contribution in [2.24, 2.45) is 0 Å². The number of nitrogens with zero attached hydrogens (tertiary/aromatic N) is 1. The molecule has 1 atom stereocenters. The molecule has 0 radical (unpaired) electrons. The van der Waals surface area contributed by atoms with Crippen LogP contribution in [0.25, 0.3) is 0 Å². The van der Waals surface area contributed by atoms with Crippen molar-refractivity contribution < 1.29 is 9.59 Å². The molecule has 1 unspecified atom stereocenters. The zero-order valence-electron chi connectivity index (χ0n) is 17.3. The van der Waals surface area contributed by atoms with Crippen molar-refractivity contribution in [2.45, 2.75) is 70.9 Å². The van der Waals surface area contributed by atoms with Gasteiger partial charge in [-0.25, -0.2) is 4.79 Å². The van der Waals surface area contributed by atoms with Crippen LogP contribution in [-0.2, 0) is 4.79 Å². The van der Waals surface area contributed by atoms with E-state index in [0.717, 1.165) is 25.9 Å². The maximum absolute atomic E-state index is 12.2. The van der Waals surface area contributed by atoms with Crippen LogP contribution in [0.4, 0.5) is 4.79 Å². The van der Waals surface area contributed by atoms with Crippen LogP contribution in [0.15, 0.2) is 16.8 Å². The minimum absolute atomic E-state index is 0.0434. The quantitative estimate of drug-likeness (QED) is 0.489. The average molecular weight is 409 g/mol. The third-order valence-corrected chi connectivity index (χ3v) is 6.18. The molecule has 0 saturated heterocycles. The fourth-order valence-corrected chi connectivity index (χ4v) is 4.53. The molecule has 3 amide bonds. The largest absolute Gasteiger partial charge is 0.354 e. The molecule has 0 aliphatic heterocycles. The Bertz CT molecular complexity index is 569. The molecule has 0 bridgehead atoms. The molecular formula is C21H36N4O2S. The van der Waals surface area contributed by atoms with E-state index in [1.807, 2.05) is 0 Å². The van der Waals surface area contributed by atoms with E-state index in [1.165, 1.54) is 24.8 Å². The Balaban J connectivity index is 1.63. The molecule has 0 aromatic carbocycles. The number of carbonyl (C=O) groups excluding carboxylic acids is 2. The van der Waals surface area contributed by atoms with E-state index in [1.54, 1.807) is 11.3 Å². The number of thiophene rings is 1. The summed E-state index contributed by atoms with van der Waals surface area (Å²) in [5.74, 6) is 0.0434. The second-order valence-electron chi connectivity index (χ2n) is 7.44. The van der Waals surface area contributed by atoms with Gasteiger partial charge >= 0.3 is 6.03 Å². The van der Waals surface area contributed by atoms with Gasteiger partial charge in [-0.3, -0.25) is 9.69 Å². The number of nitrogens with one attached hydrogen (secondary N) is 3. The summed E-state index contributed by atoms with van der Waals surface area (Å²) in [5, 5.41) is 13.2. The van der Waals surface area contributed by atoms with Gasteiger partial charge in [0.25, 0.3) is 0 Å². The van der Waals surface area contributed by atoms with E-state index < -0.39 is 0 Å². The molecule has 1 aliphatic carbocycles. The Labute approximate surface area is 173 Å². The Morgan fingerprint density at radius 3 is 2.57 bits per heavy atom. The molecule has 0 spiro atoms. The summed E-state index contributed by atoms with van der Waals surface area (Å²) in [6.45, 7) is 7.34. The summed E-state index contributed by atoms with van der Waals surface area (Å²) >= 11 is 1.69. The number of rotatable bonds is 11. The maximum Gasteiger partial charge on any atom is 0.315 e. The summed E-state index contributed by atoms with van der Waals surface area (Å²) in [6, 6.07) is 2.55. The third kappa shape index (κ3) is 7.80. The van der Waals surface area contributed by atoms with Crippen LogP contribution in [0, 0.1) is 0 Å². The minimum Gasteiger partial charge on any atom is -0.354 e. The first-order valence-electron chi connectivity index (χ1n) is 10.7. The van der Waals surface area contributed by atoms with Gasteiger partial charge in [0.15, 0.2) is 0 Å². The van der Waals surface area contributed by atoms with Gasteiger partial charge in [-0.15, -0.1) is 0 Å². The van der Waals surface area contributed by atoms with Gasteiger partial charge in [0.1, 0.15) is 0 Å². The molecule has 7 heteroatoms. The van der Waals surface area contributed by atoms with E-state index in [0.29, 0.717) is 32.0 Å². The summed E-state index contributed by atoms with van der Waals surface area (Å²) in [6.07, 6.45) is 6.91. The predicted molar refractivity (Wildman–Crippen MR) is 116 cm³/mol. The van der Waals surface area contributed by atoms with E-state index in [9.17, 15) is 9.59 Å². The van der Waals surface area contributed by atoms with Crippen LogP contribution >= 0.6 is 11.3 Å². The minimum atomic E-state index is -0.105. The van der Waals surface area contributed by atoms with Crippen LogP contribution in [0.5, 0.6) is 0 Å². The lowest BCUT2D eigenvalue weighted by molar-refractivity contribution is -0.121. The van der Waals surface area contributed by atoms with Crippen molar-refractivity contribution in [2.75, 3.05) is 26.2 Å². The van der Waals surface area contributed by atoms with E-state index in [2.05, 4.69) is 51.5 Å². The van der Waals surface area contributed by atoms with Crippen molar-refractivity contribution in [1.29, 1.82) is 0 Å². The van der Waals surface area contributed by atoms with Crippen molar-refractivity contribution in [3.05, 3.63) is 22.4 Å². The van der Waals surface area contributed by atoms with Gasteiger partial charge in [0.2, 0.25) is 5.91 Å². The number of urea groups is 1. The molecule has 3 N–H and O–H groups in total. The van der Waals surface area contributed by atoms with Gasteiger partial charge in [-0.05, 0) is 54.7 Å². The Morgan fingerprint density at radius 2 is 1.93 bits per heavy atom. The molecule has 1 aromatic rings. The molecule has 158 valence electrons. The van der Waals surface area contributed by atoms with E-state index in [-0.39, 0.29) is 18.0 Å². The zero-order valence-corrected chi connectivity index (χ0v) is 18.2. The number of hydrogen-bond acceptors (Lipinski definition) is 4. The van der Waals surface area contributed by atoms with Gasteiger partial charge in [-0.2, -0.15) is 11.3 Å². The fourth-order valence-electron chi connectivity index (χ4n) is 3.82. The normalized spacial score (nSPS) is 16.0. The molecule has 1 heterocycles. The lowest BCUT2D eigenvalue weighted by Crippen LogP contribution is -2.43. The highest BCUT2D eigenvalue weighted by Gasteiger charge is 2.19. The van der Waals surface area contributed by atoms with Gasteiger partial charge in [-0.1, -0.05) is 33.1 Å². The number of likely N-dealkylation sites (N-methyl/N-ethyl adjacent to an activating group) is 1. The molecule has 28 heavy (non-hydrogen) atoms. The van der Waals surface area contributed by atoms with Crippen molar-refractivity contribution in [3.63, 3.8) is 0 Å². The van der Waals surface area contributed by atoms with Gasteiger partial charge < -0.3 is 16.0 Å². The average Bonchev–Trinajstić information content (AvgIpc) is 3.23. The predicted octanol–water partition coefficient (Wildman–Crippen LogP) is 3.66. The Hall–Kier alpha value is -1.60. The first-order valence-corrected chi connectivity index (χ1v) is 11.7. The summed E-state index contributed by atoms with van der Waals surface area (Å²) < 4.78 is 0. The number of amides is 3. The standard InChI is InChI=1S/C21H36N4O2S/c1-3-25(4-2)19(17-12-14-28-16-17)15-23-20(26)11-8-13-22-21(27)24-18-9-6-5-7-10-18/h12,14,16,18-19H,3-11,13,15H2,1-2H3,(H,23,26)(H2,22,24,27). The monoisotopic (exact) mass is 408 g/mol. The summed E-state index contributed by atoms with van der Waals surface area (Å²) in [7, 11) is 0. The van der Waals surface area contributed by atoms with Crippen LogP contribution in [-0.4, -0.2) is 49.1 Å². The second-order valence-corrected chi connectivity index (χ2v) is 8.22. The first-order chi connectivity index (χ1) is 13.6. The zero-order chi connectivity index (χ0) is 20.2. The lowest BCUT2D eigenvalue weighted by atomic mass is 9.96. The van der Waals surface area contributed by atoms with Gasteiger partial charge in [0, 0.05) is 25.6 Å². The molecule has 1 fully saturated rings. The second kappa shape index (κ2) is 12.8. The van der Waals surface area contributed by atoms with Crippen molar-refractivity contribution in [1.82, 2.24) is 20.9 Å². The van der Waals surface area contributed by atoms with Crippen LogP contribution < -0.4 is 16.0 Å². The van der Waals surface area contributed by atoms with E-state index >= 15 is 0 Å². The molecular weight excluding hydrogens is 372 g/mol. The Kier molecular flexibility index (Phi) is 10.4. The highest BCUT2D eigenvalue weighted by molar-refractivity contribution is 7.07. The summed E-state index contributed by atoms with van der Waals surface area (Å²) in [4.78, 5) is 26.5. The van der Waals surface area contributed by atoms with Crippen LogP contribution in [0.2, 0.25) is 0 Å². The van der Waals surface area contributed by atoms with Gasteiger partial charge in [0.05, 0.1) is 6.04 Å². The summed E-state index contributed by atoms with van der Waals surface area (Å²) in [5.41, 5.74) is 1.26. The topological polar surface area (TPSA) is 73.5 Å². The van der Waals surface area contributed by atoms with Crippen molar-refractivity contribution in [3.8, 4) is 0 Å². The highest BCUT2D eigenvalue weighted by Crippen LogP contribution is 2.22. The first kappa shape index (κ1) is 22.7. The smallest absolute Gasteiger partial charge is 0.315 e. The maximum atomic E-state index is 12.2. The Morgan fingerprint density at radius 1 is 1.18 bits per heavy atom. The molecule has 6 nitrogen and oxygen atoms in total. The molecule has 1 saturated carbocycles. The van der Waals surface area contributed by atoms with Crippen molar-refractivity contribution >= 4 is 23.3 Å². The highest BCUT2D eigenvalue weighted by atomic mass is 32.1. The molecule has 1 aliphatic rings. The van der Waals surface area contributed by atoms with Crippen LogP contribution in [0.3, 0.4) is 0 Å². The lowest BCUT2D eigenvalue weighted by Gasteiger charge is -2.29.